The standard InChI is InChI=1S/C36H49N9O8/c1-7-27(46)41-28(20(2)3)33(50)44-16-8-10-25(44)31(48)39-23-14-12-22(13-15-23)30(47)43-35-37-18-24(19-38-35)40-32(49)26-11-9-17-45(26)34(51)29(21(4)5)42-36(52)53-6/h12-15,18-21,25-26,28-29H,7-11,16-17H2,1-6H3,(H,39,48)(H,40,49)(H,41,46)(H,42,52)(H,37,38,43,47)/t25-,26-,28-,29-/m0/s1. The molecule has 2 aromatic rings. The van der Waals surface area contributed by atoms with Gasteiger partial charge in [-0.05, 0) is 61.8 Å². The molecular formula is C36H49N9O8. The van der Waals surface area contributed by atoms with E-state index in [0.29, 0.717) is 44.5 Å². The van der Waals surface area contributed by atoms with Gasteiger partial charge in [0.1, 0.15) is 24.2 Å². The number of rotatable bonds is 13. The number of anilines is 3. The van der Waals surface area contributed by atoms with Crippen LogP contribution in [0.3, 0.4) is 0 Å². The fraction of sp³-hybridized carbons (Fsp3) is 0.528. The summed E-state index contributed by atoms with van der Waals surface area (Å²) in [7, 11) is 1.21. The molecule has 5 N–H and O–H groups in total. The summed E-state index contributed by atoms with van der Waals surface area (Å²) in [6.07, 6.45) is 4.36. The largest absolute Gasteiger partial charge is 0.453 e. The third-order valence-electron chi connectivity index (χ3n) is 9.20. The third-order valence-corrected chi connectivity index (χ3v) is 9.20. The highest BCUT2D eigenvalue weighted by molar-refractivity contribution is 6.04. The van der Waals surface area contributed by atoms with E-state index in [9.17, 15) is 33.6 Å². The predicted molar refractivity (Wildman–Crippen MR) is 194 cm³/mol. The smallest absolute Gasteiger partial charge is 0.407 e. The van der Waals surface area contributed by atoms with Crippen molar-refractivity contribution in [2.24, 2.45) is 11.8 Å². The molecule has 0 unspecified atom stereocenters. The Balaban J connectivity index is 1.31. The monoisotopic (exact) mass is 735 g/mol. The van der Waals surface area contributed by atoms with Crippen LogP contribution in [-0.4, -0.2) is 106 Å². The molecule has 1 aromatic heterocycles. The number of benzene rings is 1. The fourth-order valence-corrected chi connectivity index (χ4v) is 6.24. The van der Waals surface area contributed by atoms with Crippen LogP contribution < -0.4 is 26.6 Å². The molecule has 3 heterocycles. The van der Waals surface area contributed by atoms with Crippen molar-refractivity contribution in [1.29, 1.82) is 0 Å². The van der Waals surface area contributed by atoms with E-state index in [1.54, 1.807) is 32.9 Å². The SMILES string of the molecule is CCC(=O)N[C@H](C(=O)N1CCC[C@H]1C(=O)Nc1ccc(C(=O)Nc2ncc(NC(=O)[C@@H]3CCCN3C(=O)[C@@H](NC(=O)OC)C(C)C)cn2)cc1)C(C)C. The Kier molecular flexibility index (Phi) is 13.8. The molecule has 0 aliphatic carbocycles. The summed E-state index contributed by atoms with van der Waals surface area (Å²) >= 11 is 0. The summed E-state index contributed by atoms with van der Waals surface area (Å²) in [5.41, 5.74) is 0.956. The minimum atomic E-state index is -0.859. The number of carbonyl (C=O) groups excluding carboxylic acids is 7. The van der Waals surface area contributed by atoms with Gasteiger partial charge in [-0.3, -0.25) is 34.1 Å². The molecule has 0 saturated carbocycles. The van der Waals surface area contributed by atoms with E-state index in [-0.39, 0.29) is 59.1 Å². The number of methoxy groups -OCH3 is 1. The summed E-state index contributed by atoms with van der Waals surface area (Å²) in [6.45, 7) is 9.74. The third kappa shape index (κ3) is 10.3. The van der Waals surface area contributed by atoms with Crippen molar-refractivity contribution in [1.82, 2.24) is 30.4 Å². The molecule has 2 saturated heterocycles. The lowest BCUT2D eigenvalue weighted by Gasteiger charge is -2.30. The van der Waals surface area contributed by atoms with Gasteiger partial charge in [-0.15, -0.1) is 0 Å². The lowest BCUT2D eigenvalue weighted by Crippen LogP contribution is -2.54. The quantitative estimate of drug-likeness (QED) is 0.202. The van der Waals surface area contributed by atoms with Crippen LogP contribution in [0.1, 0.15) is 77.1 Å². The maximum Gasteiger partial charge on any atom is 0.407 e. The molecule has 17 nitrogen and oxygen atoms in total. The predicted octanol–water partition coefficient (Wildman–Crippen LogP) is 2.52. The van der Waals surface area contributed by atoms with Crippen LogP contribution in [0.25, 0.3) is 0 Å². The molecule has 0 bridgehead atoms. The molecule has 1 aromatic carbocycles. The van der Waals surface area contributed by atoms with E-state index in [2.05, 4.69) is 41.3 Å². The van der Waals surface area contributed by atoms with Gasteiger partial charge >= 0.3 is 6.09 Å². The second-order valence-corrected chi connectivity index (χ2v) is 13.7. The minimum Gasteiger partial charge on any atom is -0.453 e. The number of likely N-dealkylation sites (tertiary alicyclic amines) is 2. The van der Waals surface area contributed by atoms with Crippen LogP contribution in [0.2, 0.25) is 0 Å². The molecule has 2 aliphatic rings. The molecule has 286 valence electrons. The molecule has 4 rings (SSSR count). The molecule has 0 radical (unpaired) electrons. The van der Waals surface area contributed by atoms with E-state index in [4.69, 9.17) is 0 Å². The van der Waals surface area contributed by atoms with Crippen molar-refractivity contribution < 1.29 is 38.3 Å². The summed E-state index contributed by atoms with van der Waals surface area (Å²) in [4.78, 5) is 101. The lowest BCUT2D eigenvalue weighted by atomic mass is 10.0. The number of alkyl carbamates (subject to hydrolysis) is 1. The number of hydrogen-bond donors (Lipinski definition) is 5. The first-order chi connectivity index (χ1) is 25.2. The highest BCUT2D eigenvalue weighted by atomic mass is 16.5. The van der Waals surface area contributed by atoms with Crippen LogP contribution in [0.15, 0.2) is 36.7 Å². The van der Waals surface area contributed by atoms with Crippen LogP contribution in [-0.2, 0) is 28.7 Å². The summed E-state index contributed by atoms with van der Waals surface area (Å²) in [5.74, 6) is -2.61. The molecule has 7 amide bonds. The Morgan fingerprint density at radius 3 is 1.70 bits per heavy atom. The highest BCUT2D eigenvalue weighted by Crippen LogP contribution is 2.24. The molecule has 4 atom stereocenters. The molecule has 0 spiro atoms. The van der Waals surface area contributed by atoms with Gasteiger partial charge in [0.15, 0.2) is 0 Å². The summed E-state index contributed by atoms with van der Waals surface area (Å²) in [5, 5.41) is 13.4. The van der Waals surface area contributed by atoms with Gasteiger partial charge in [0.25, 0.3) is 5.91 Å². The van der Waals surface area contributed by atoms with Gasteiger partial charge in [-0.25, -0.2) is 14.8 Å². The molecule has 2 aliphatic heterocycles. The van der Waals surface area contributed by atoms with E-state index in [1.807, 2.05) is 13.8 Å². The minimum absolute atomic E-state index is 0.0162. The summed E-state index contributed by atoms with van der Waals surface area (Å²) in [6, 6.07) is 3.14. The van der Waals surface area contributed by atoms with Crippen LogP contribution in [0.5, 0.6) is 0 Å². The zero-order valence-corrected chi connectivity index (χ0v) is 30.9. The number of nitrogens with zero attached hydrogens (tertiary/aromatic N) is 4. The number of amides is 7. The average molecular weight is 736 g/mol. The van der Waals surface area contributed by atoms with Crippen molar-refractivity contribution in [2.45, 2.75) is 90.9 Å². The summed E-state index contributed by atoms with van der Waals surface area (Å²) < 4.78 is 4.65. The Morgan fingerprint density at radius 2 is 1.23 bits per heavy atom. The van der Waals surface area contributed by atoms with Gasteiger partial charge in [0.2, 0.25) is 35.5 Å². The second kappa shape index (κ2) is 18.2. The van der Waals surface area contributed by atoms with Gasteiger partial charge in [-0.1, -0.05) is 34.6 Å². The van der Waals surface area contributed by atoms with E-state index >= 15 is 0 Å². The van der Waals surface area contributed by atoms with Crippen molar-refractivity contribution in [3.63, 3.8) is 0 Å². The van der Waals surface area contributed by atoms with Crippen molar-refractivity contribution in [3.05, 3.63) is 42.2 Å². The molecule has 53 heavy (non-hydrogen) atoms. The number of nitrogens with one attached hydrogen (secondary N) is 5. The van der Waals surface area contributed by atoms with Crippen molar-refractivity contribution in [3.8, 4) is 0 Å². The van der Waals surface area contributed by atoms with Gasteiger partial charge in [0, 0.05) is 30.8 Å². The maximum atomic E-state index is 13.3. The fourth-order valence-electron chi connectivity index (χ4n) is 6.24. The number of carbonyl (C=O) groups is 7. The molecule has 17 heteroatoms. The Hall–Kier alpha value is -5.61. The maximum absolute atomic E-state index is 13.3. The van der Waals surface area contributed by atoms with Gasteiger partial charge in [-0.2, -0.15) is 0 Å². The van der Waals surface area contributed by atoms with E-state index in [0.717, 1.165) is 0 Å². The first-order valence-electron chi connectivity index (χ1n) is 17.8. The molecular weight excluding hydrogens is 686 g/mol. The first kappa shape index (κ1) is 40.2. The molecule has 2 fully saturated rings. The Morgan fingerprint density at radius 1 is 0.736 bits per heavy atom. The van der Waals surface area contributed by atoms with E-state index in [1.165, 1.54) is 41.4 Å². The topological polar surface area (TPSA) is 221 Å². The van der Waals surface area contributed by atoms with Crippen LogP contribution in [0, 0.1) is 11.8 Å². The normalized spacial score (nSPS) is 17.9. The Labute approximate surface area is 308 Å². The van der Waals surface area contributed by atoms with Crippen molar-refractivity contribution >= 4 is 58.9 Å². The first-order valence-corrected chi connectivity index (χ1v) is 17.8. The van der Waals surface area contributed by atoms with Gasteiger partial charge < -0.3 is 35.8 Å². The van der Waals surface area contributed by atoms with E-state index < -0.39 is 42.1 Å². The highest BCUT2D eigenvalue weighted by Gasteiger charge is 2.40. The zero-order chi connectivity index (χ0) is 38.8. The second-order valence-electron chi connectivity index (χ2n) is 13.7. The average Bonchev–Trinajstić information content (AvgIpc) is 3.84. The zero-order valence-electron chi connectivity index (χ0n) is 30.9. The van der Waals surface area contributed by atoms with Crippen LogP contribution in [0.4, 0.5) is 22.1 Å². The van der Waals surface area contributed by atoms with Gasteiger partial charge in [0.05, 0.1) is 25.2 Å². The van der Waals surface area contributed by atoms with Crippen molar-refractivity contribution in [2.75, 3.05) is 36.1 Å². The van der Waals surface area contributed by atoms with Crippen LogP contribution >= 0.6 is 0 Å². The number of aromatic nitrogens is 2. The lowest BCUT2D eigenvalue weighted by molar-refractivity contribution is -0.141. The number of hydrogen-bond acceptors (Lipinski definition) is 10. The Bertz CT molecular complexity index is 1670. The number of ether oxygens (including phenoxy) is 1.